The molecule has 0 aromatic heterocycles. The molecule has 5 nitrogen and oxygen atoms in total. The third kappa shape index (κ3) is 4.20. The number of anilines is 1. The third-order valence-electron chi connectivity index (χ3n) is 4.55. The van der Waals surface area contributed by atoms with Crippen molar-refractivity contribution in [2.24, 2.45) is 5.92 Å². The first-order valence-corrected chi connectivity index (χ1v) is 8.53. The maximum atomic E-state index is 13.7. The molecular weight excluding hydrogens is 335 g/mol. The van der Waals surface area contributed by atoms with Gasteiger partial charge in [0.2, 0.25) is 11.8 Å². The molecule has 0 radical (unpaired) electrons. The van der Waals surface area contributed by atoms with Gasteiger partial charge >= 0.3 is 0 Å². The van der Waals surface area contributed by atoms with Crippen molar-refractivity contribution >= 4 is 17.5 Å². The van der Waals surface area contributed by atoms with Gasteiger partial charge < -0.3 is 15.0 Å². The highest BCUT2D eigenvalue weighted by molar-refractivity contribution is 5.97. The van der Waals surface area contributed by atoms with Crippen LogP contribution in [0.4, 0.5) is 10.1 Å². The number of halogens is 1. The molecule has 2 aromatic carbocycles. The monoisotopic (exact) mass is 356 g/mol. The topological polar surface area (TPSA) is 58.6 Å². The quantitative estimate of drug-likeness (QED) is 0.866. The second kappa shape index (κ2) is 7.99. The number of hydrogen-bond donors (Lipinski definition) is 1. The highest BCUT2D eigenvalue weighted by Crippen LogP contribution is 2.22. The van der Waals surface area contributed by atoms with E-state index in [0.717, 1.165) is 0 Å². The molecule has 0 saturated carbocycles. The summed E-state index contributed by atoms with van der Waals surface area (Å²) in [4.78, 5) is 26.2. The van der Waals surface area contributed by atoms with Gasteiger partial charge in [0.1, 0.15) is 11.6 Å². The van der Waals surface area contributed by atoms with Crippen molar-refractivity contribution < 1.29 is 18.7 Å². The third-order valence-corrected chi connectivity index (χ3v) is 4.55. The molecule has 1 atom stereocenters. The van der Waals surface area contributed by atoms with Crippen LogP contribution in [0.15, 0.2) is 48.5 Å². The first kappa shape index (κ1) is 17.9. The molecule has 1 N–H and O–H groups in total. The van der Waals surface area contributed by atoms with E-state index in [9.17, 15) is 14.0 Å². The second-order valence-electron chi connectivity index (χ2n) is 6.30. The summed E-state index contributed by atoms with van der Waals surface area (Å²) in [6.45, 7) is 0.765. The highest BCUT2D eigenvalue weighted by Gasteiger charge is 2.34. The number of carbonyl (C=O) groups excluding carboxylic acids is 2. The highest BCUT2D eigenvalue weighted by atomic mass is 19.1. The number of nitrogens with one attached hydrogen (secondary N) is 1. The van der Waals surface area contributed by atoms with Gasteiger partial charge in [-0.2, -0.15) is 0 Å². The van der Waals surface area contributed by atoms with Crippen molar-refractivity contribution in [3.05, 3.63) is 59.9 Å². The van der Waals surface area contributed by atoms with E-state index in [-0.39, 0.29) is 24.1 Å². The van der Waals surface area contributed by atoms with Crippen molar-refractivity contribution in [2.45, 2.75) is 12.8 Å². The van der Waals surface area contributed by atoms with Crippen LogP contribution in [0.3, 0.4) is 0 Å². The molecule has 0 bridgehead atoms. The van der Waals surface area contributed by atoms with Gasteiger partial charge in [-0.05, 0) is 42.3 Å². The zero-order valence-corrected chi connectivity index (χ0v) is 14.6. The molecule has 136 valence electrons. The van der Waals surface area contributed by atoms with Crippen molar-refractivity contribution in [1.82, 2.24) is 4.90 Å². The summed E-state index contributed by atoms with van der Waals surface area (Å²) in [6, 6.07) is 13.6. The van der Waals surface area contributed by atoms with Gasteiger partial charge in [-0.15, -0.1) is 0 Å². The SMILES string of the molecule is COc1ccc(NC(=O)C2CC(=O)N(CCc3ccccc3F)C2)cc1. The molecule has 2 aromatic rings. The van der Waals surface area contributed by atoms with E-state index in [2.05, 4.69) is 5.32 Å². The number of nitrogens with zero attached hydrogens (tertiary/aromatic N) is 1. The van der Waals surface area contributed by atoms with E-state index in [1.807, 2.05) is 0 Å². The predicted molar refractivity (Wildman–Crippen MR) is 96.4 cm³/mol. The minimum absolute atomic E-state index is 0.0729. The fraction of sp³-hybridized carbons (Fsp3) is 0.300. The zero-order chi connectivity index (χ0) is 18.5. The Kier molecular flexibility index (Phi) is 5.51. The maximum absolute atomic E-state index is 13.7. The lowest BCUT2D eigenvalue weighted by atomic mass is 10.1. The van der Waals surface area contributed by atoms with Crippen LogP contribution in [-0.4, -0.2) is 36.9 Å². The van der Waals surface area contributed by atoms with E-state index in [1.54, 1.807) is 54.5 Å². The molecule has 1 saturated heterocycles. The van der Waals surface area contributed by atoms with Gasteiger partial charge in [-0.1, -0.05) is 18.2 Å². The summed E-state index contributed by atoms with van der Waals surface area (Å²) < 4.78 is 18.8. The van der Waals surface area contributed by atoms with E-state index in [0.29, 0.717) is 36.5 Å². The van der Waals surface area contributed by atoms with Crippen LogP contribution in [-0.2, 0) is 16.0 Å². The van der Waals surface area contributed by atoms with Crippen LogP contribution in [0, 0.1) is 11.7 Å². The number of ether oxygens (including phenoxy) is 1. The number of rotatable bonds is 6. The van der Waals surface area contributed by atoms with Crippen LogP contribution in [0.1, 0.15) is 12.0 Å². The minimum Gasteiger partial charge on any atom is -0.497 e. The average molecular weight is 356 g/mol. The van der Waals surface area contributed by atoms with Gasteiger partial charge in [0, 0.05) is 25.2 Å². The number of amides is 2. The van der Waals surface area contributed by atoms with Crippen LogP contribution >= 0.6 is 0 Å². The molecule has 0 spiro atoms. The van der Waals surface area contributed by atoms with Crippen LogP contribution in [0.2, 0.25) is 0 Å². The van der Waals surface area contributed by atoms with Gasteiger partial charge in [0.05, 0.1) is 13.0 Å². The van der Waals surface area contributed by atoms with Gasteiger partial charge in [-0.3, -0.25) is 9.59 Å². The van der Waals surface area contributed by atoms with Crippen LogP contribution in [0.25, 0.3) is 0 Å². The fourth-order valence-corrected chi connectivity index (χ4v) is 3.04. The summed E-state index contributed by atoms with van der Waals surface area (Å²) in [6.07, 6.45) is 0.616. The number of benzene rings is 2. The van der Waals surface area contributed by atoms with Gasteiger partial charge in [0.25, 0.3) is 0 Å². The molecule has 1 heterocycles. The molecule has 1 aliphatic rings. The number of hydrogen-bond acceptors (Lipinski definition) is 3. The predicted octanol–water partition coefficient (Wildman–Crippen LogP) is 2.86. The molecule has 6 heteroatoms. The first-order chi connectivity index (χ1) is 12.6. The Balaban J connectivity index is 1.54. The van der Waals surface area contributed by atoms with Crippen molar-refractivity contribution in [2.75, 3.05) is 25.5 Å². The average Bonchev–Trinajstić information content (AvgIpc) is 3.03. The Labute approximate surface area is 151 Å². The maximum Gasteiger partial charge on any atom is 0.229 e. The summed E-state index contributed by atoms with van der Waals surface area (Å²) in [7, 11) is 1.58. The Bertz CT molecular complexity index is 792. The molecule has 3 rings (SSSR count). The fourth-order valence-electron chi connectivity index (χ4n) is 3.04. The number of carbonyl (C=O) groups is 2. The molecular formula is C20H21FN2O3. The lowest BCUT2D eigenvalue weighted by molar-refractivity contribution is -0.128. The molecule has 1 fully saturated rings. The Hall–Kier alpha value is -2.89. The lowest BCUT2D eigenvalue weighted by Gasteiger charge is -2.17. The van der Waals surface area contributed by atoms with Crippen molar-refractivity contribution in [3.8, 4) is 5.75 Å². The molecule has 26 heavy (non-hydrogen) atoms. The molecule has 1 aliphatic heterocycles. The van der Waals surface area contributed by atoms with Crippen molar-refractivity contribution in [3.63, 3.8) is 0 Å². The summed E-state index contributed by atoms with van der Waals surface area (Å²) in [5, 5.41) is 2.83. The standard InChI is InChI=1S/C20H21FN2O3/c1-26-17-8-6-16(7-9-17)22-20(25)15-12-19(24)23(13-15)11-10-14-4-2-3-5-18(14)21/h2-9,15H,10-13H2,1H3,(H,22,25). The molecule has 0 aliphatic carbocycles. The largest absolute Gasteiger partial charge is 0.497 e. The van der Waals surface area contributed by atoms with E-state index in [1.165, 1.54) is 6.07 Å². The smallest absolute Gasteiger partial charge is 0.229 e. The van der Waals surface area contributed by atoms with E-state index < -0.39 is 5.92 Å². The minimum atomic E-state index is -0.398. The number of likely N-dealkylation sites (tertiary alicyclic amines) is 1. The Morgan fingerprint density at radius 1 is 1.23 bits per heavy atom. The summed E-state index contributed by atoms with van der Waals surface area (Å²) in [5.74, 6) is -0.218. The van der Waals surface area contributed by atoms with E-state index in [4.69, 9.17) is 4.74 Å². The van der Waals surface area contributed by atoms with E-state index >= 15 is 0 Å². The number of methoxy groups -OCH3 is 1. The van der Waals surface area contributed by atoms with Crippen LogP contribution in [0.5, 0.6) is 5.75 Å². The summed E-state index contributed by atoms with van der Waals surface area (Å²) >= 11 is 0. The van der Waals surface area contributed by atoms with Gasteiger partial charge in [-0.25, -0.2) is 4.39 Å². The lowest BCUT2D eigenvalue weighted by Crippen LogP contribution is -2.30. The van der Waals surface area contributed by atoms with Gasteiger partial charge in [0.15, 0.2) is 0 Å². The van der Waals surface area contributed by atoms with Crippen molar-refractivity contribution in [1.29, 1.82) is 0 Å². The normalized spacial score (nSPS) is 16.6. The molecule has 2 amide bonds. The Morgan fingerprint density at radius 3 is 2.65 bits per heavy atom. The van der Waals surface area contributed by atoms with Crippen LogP contribution < -0.4 is 10.1 Å². The molecule has 1 unspecified atom stereocenters. The zero-order valence-electron chi connectivity index (χ0n) is 14.6. The Morgan fingerprint density at radius 2 is 1.96 bits per heavy atom. The summed E-state index contributed by atoms with van der Waals surface area (Å²) in [5.41, 5.74) is 1.24. The second-order valence-corrected chi connectivity index (χ2v) is 6.30. The first-order valence-electron chi connectivity index (χ1n) is 8.53.